The Balaban J connectivity index is 1.61. The number of halogens is 1. The van der Waals surface area contributed by atoms with E-state index in [4.69, 9.17) is 16.3 Å². The fourth-order valence-corrected chi connectivity index (χ4v) is 5.12. The molecule has 8 heteroatoms. The summed E-state index contributed by atoms with van der Waals surface area (Å²) in [6.07, 6.45) is 4.91. The molecular formula is C22H27ClN2O4S. The van der Waals surface area contributed by atoms with Crippen molar-refractivity contribution in [3.05, 3.63) is 52.5 Å². The predicted octanol–water partition coefficient (Wildman–Crippen LogP) is 4.59. The maximum atomic E-state index is 12.6. The van der Waals surface area contributed by atoms with Crippen LogP contribution in [-0.2, 0) is 14.8 Å². The Morgan fingerprint density at radius 1 is 1.13 bits per heavy atom. The zero-order valence-electron chi connectivity index (χ0n) is 17.2. The lowest BCUT2D eigenvalue weighted by Gasteiger charge is -2.22. The summed E-state index contributed by atoms with van der Waals surface area (Å²) in [4.78, 5) is 12.3. The summed E-state index contributed by atoms with van der Waals surface area (Å²) in [5, 5.41) is 2.95. The van der Waals surface area contributed by atoms with Gasteiger partial charge in [0, 0.05) is 11.7 Å². The van der Waals surface area contributed by atoms with Gasteiger partial charge in [0.1, 0.15) is 5.75 Å². The van der Waals surface area contributed by atoms with Gasteiger partial charge in [-0.1, -0.05) is 43.0 Å². The number of ether oxygens (including phenoxy) is 1. The fraction of sp³-hybridized carbons (Fsp3) is 0.409. The molecule has 1 aliphatic rings. The second-order valence-corrected chi connectivity index (χ2v) is 9.75. The van der Waals surface area contributed by atoms with Crippen molar-refractivity contribution in [2.45, 2.75) is 56.9 Å². The van der Waals surface area contributed by atoms with Gasteiger partial charge in [-0.25, -0.2) is 13.1 Å². The molecule has 0 atom stereocenters. The number of anilines is 1. The van der Waals surface area contributed by atoms with E-state index in [2.05, 4.69) is 10.0 Å². The van der Waals surface area contributed by atoms with Gasteiger partial charge in [-0.3, -0.25) is 4.79 Å². The van der Waals surface area contributed by atoms with E-state index in [0.29, 0.717) is 0 Å². The summed E-state index contributed by atoms with van der Waals surface area (Å²) in [6.45, 7) is 3.67. The third-order valence-corrected chi connectivity index (χ3v) is 7.19. The number of carbonyl (C=O) groups is 1. The molecule has 2 aromatic carbocycles. The molecule has 0 aliphatic heterocycles. The van der Waals surface area contributed by atoms with E-state index in [-0.39, 0.29) is 34.2 Å². The van der Waals surface area contributed by atoms with E-state index < -0.39 is 10.0 Å². The van der Waals surface area contributed by atoms with Crippen molar-refractivity contribution in [3.63, 3.8) is 0 Å². The van der Waals surface area contributed by atoms with Gasteiger partial charge in [0.25, 0.3) is 5.91 Å². The second-order valence-electron chi connectivity index (χ2n) is 7.63. The van der Waals surface area contributed by atoms with Crippen LogP contribution < -0.4 is 14.8 Å². The molecule has 1 saturated carbocycles. The zero-order valence-corrected chi connectivity index (χ0v) is 18.8. The fourth-order valence-electron chi connectivity index (χ4n) is 3.49. The van der Waals surface area contributed by atoms with Gasteiger partial charge >= 0.3 is 0 Å². The molecule has 0 heterocycles. The quantitative estimate of drug-likeness (QED) is 0.646. The Hall–Kier alpha value is -2.09. The van der Waals surface area contributed by atoms with Crippen molar-refractivity contribution in [2.75, 3.05) is 11.9 Å². The average molecular weight is 451 g/mol. The van der Waals surface area contributed by atoms with Crippen molar-refractivity contribution < 1.29 is 17.9 Å². The van der Waals surface area contributed by atoms with E-state index in [0.717, 1.165) is 48.9 Å². The third kappa shape index (κ3) is 5.74. The zero-order chi connectivity index (χ0) is 21.7. The number of hydrogen-bond acceptors (Lipinski definition) is 4. The standard InChI is InChI=1S/C22H27ClN2O4S/c1-15-7-6-10-20(16(15)2)24-22(26)14-29-21-12-11-18(13-19(21)23)30(27,28)25-17-8-4-3-5-9-17/h6-7,10-13,17,25H,3-5,8-9,14H2,1-2H3,(H,24,26). The van der Waals surface area contributed by atoms with Crippen molar-refractivity contribution in [1.29, 1.82) is 0 Å². The molecule has 0 unspecified atom stereocenters. The first-order valence-electron chi connectivity index (χ1n) is 10.1. The number of aryl methyl sites for hydroxylation is 1. The van der Waals surface area contributed by atoms with E-state index in [1.165, 1.54) is 18.2 Å². The first kappa shape index (κ1) is 22.6. The number of sulfonamides is 1. The van der Waals surface area contributed by atoms with Crippen LogP contribution >= 0.6 is 11.6 Å². The molecule has 3 rings (SSSR count). The van der Waals surface area contributed by atoms with Crippen molar-refractivity contribution in [2.24, 2.45) is 0 Å². The molecule has 1 amide bonds. The Kier molecular flexibility index (Phi) is 7.39. The van der Waals surface area contributed by atoms with E-state index >= 15 is 0 Å². The molecule has 0 spiro atoms. The van der Waals surface area contributed by atoms with Crippen molar-refractivity contribution >= 4 is 33.2 Å². The topological polar surface area (TPSA) is 84.5 Å². The number of benzene rings is 2. The number of nitrogens with one attached hydrogen (secondary N) is 2. The number of carbonyl (C=O) groups excluding carboxylic acids is 1. The molecule has 2 N–H and O–H groups in total. The molecule has 30 heavy (non-hydrogen) atoms. The molecular weight excluding hydrogens is 424 g/mol. The highest BCUT2D eigenvalue weighted by Crippen LogP contribution is 2.28. The SMILES string of the molecule is Cc1cccc(NC(=O)COc2ccc(S(=O)(=O)NC3CCCCC3)cc2Cl)c1C. The molecule has 1 aliphatic carbocycles. The van der Waals surface area contributed by atoms with Crippen LogP contribution in [0.5, 0.6) is 5.75 Å². The van der Waals surface area contributed by atoms with Gasteiger partial charge in [-0.2, -0.15) is 0 Å². The molecule has 162 valence electrons. The van der Waals surface area contributed by atoms with E-state index in [9.17, 15) is 13.2 Å². The van der Waals surface area contributed by atoms with Gasteiger partial charge in [-0.05, 0) is 62.1 Å². The van der Waals surface area contributed by atoms with Crippen LogP contribution in [0.1, 0.15) is 43.2 Å². The summed E-state index contributed by atoms with van der Waals surface area (Å²) in [5.41, 5.74) is 2.80. The van der Waals surface area contributed by atoms with Gasteiger partial charge in [0.2, 0.25) is 10.0 Å². The summed E-state index contributed by atoms with van der Waals surface area (Å²) in [7, 11) is -3.65. The highest BCUT2D eigenvalue weighted by Gasteiger charge is 2.22. The van der Waals surface area contributed by atoms with E-state index in [1.54, 1.807) is 0 Å². The molecule has 1 fully saturated rings. The number of hydrogen-bond donors (Lipinski definition) is 2. The van der Waals surface area contributed by atoms with Crippen LogP contribution in [0.3, 0.4) is 0 Å². The first-order chi connectivity index (χ1) is 14.3. The smallest absolute Gasteiger partial charge is 0.262 e. The molecule has 6 nitrogen and oxygen atoms in total. The Labute approximate surface area is 183 Å². The molecule has 0 aromatic heterocycles. The van der Waals surface area contributed by atoms with Gasteiger partial charge < -0.3 is 10.1 Å². The van der Waals surface area contributed by atoms with Crippen LogP contribution in [0, 0.1) is 13.8 Å². The lowest BCUT2D eigenvalue weighted by atomic mass is 9.96. The molecule has 0 bridgehead atoms. The highest BCUT2D eigenvalue weighted by molar-refractivity contribution is 7.89. The molecule has 0 saturated heterocycles. The maximum absolute atomic E-state index is 12.6. The Morgan fingerprint density at radius 3 is 2.57 bits per heavy atom. The van der Waals surface area contributed by atoms with E-state index in [1.807, 2.05) is 32.0 Å². The summed E-state index contributed by atoms with van der Waals surface area (Å²) in [5.74, 6) is -0.0696. The van der Waals surface area contributed by atoms with Crippen LogP contribution in [0.4, 0.5) is 5.69 Å². The summed E-state index contributed by atoms with van der Waals surface area (Å²) >= 11 is 6.22. The van der Waals surface area contributed by atoms with Crippen molar-refractivity contribution in [1.82, 2.24) is 4.72 Å². The molecule has 0 radical (unpaired) electrons. The Morgan fingerprint density at radius 2 is 1.87 bits per heavy atom. The van der Waals surface area contributed by atoms with Gasteiger partial charge in [0.05, 0.1) is 9.92 Å². The Bertz CT molecular complexity index is 1020. The van der Waals surface area contributed by atoms with Gasteiger partial charge in [0.15, 0.2) is 6.61 Å². The highest BCUT2D eigenvalue weighted by atomic mass is 35.5. The van der Waals surface area contributed by atoms with Crippen LogP contribution in [0.25, 0.3) is 0 Å². The summed E-state index contributed by atoms with van der Waals surface area (Å²) < 4.78 is 33.5. The van der Waals surface area contributed by atoms with Crippen LogP contribution in [0.2, 0.25) is 5.02 Å². The van der Waals surface area contributed by atoms with Crippen LogP contribution in [0.15, 0.2) is 41.3 Å². The van der Waals surface area contributed by atoms with Gasteiger partial charge in [-0.15, -0.1) is 0 Å². The number of amides is 1. The largest absolute Gasteiger partial charge is 0.482 e. The minimum atomic E-state index is -3.65. The summed E-state index contributed by atoms with van der Waals surface area (Å²) in [6, 6.07) is 9.90. The lowest BCUT2D eigenvalue weighted by Crippen LogP contribution is -2.36. The predicted molar refractivity (Wildman–Crippen MR) is 119 cm³/mol. The van der Waals surface area contributed by atoms with Crippen molar-refractivity contribution in [3.8, 4) is 5.75 Å². The average Bonchev–Trinajstić information content (AvgIpc) is 2.71. The second kappa shape index (κ2) is 9.81. The normalized spacial score (nSPS) is 15.0. The van der Waals surface area contributed by atoms with Crippen LogP contribution in [-0.4, -0.2) is 27.0 Å². The molecule has 2 aromatic rings. The number of rotatable bonds is 7. The lowest BCUT2D eigenvalue weighted by molar-refractivity contribution is -0.118. The minimum Gasteiger partial charge on any atom is -0.482 e. The monoisotopic (exact) mass is 450 g/mol. The minimum absolute atomic E-state index is 0.0350. The third-order valence-electron chi connectivity index (χ3n) is 5.38. The maximum Gasteiger partial charge on any atom is 0.262 e. The first-order valence-corrected chi connectivity index (χ1v) is 11.9.